The Balaban J connectivity index is 1.69. The van der Waals surface area contributed by atoms with Crippen LogP contribution in [0.4, 0.5) is 4.39 Å². The monoisotopic (exact) mass is 485 g/mol. The Morgan fingerprint density at radius 1 is 1.21 bits per heavy atom. The molecule has 1 saturated heterocycles. The first kappa shape index (κ1) is 23.6. The van der Waals surface area contributed by atoms with Crippen LogP contribution < -0.4 is 5.63 Å². The summed E-state index contributed by atoms with van der Waals surface area (Å²) in [5, 5.41) is 9.69. The van der Waals surface area contributed by atoms with Gasteiger partial charge in [-0.2, -0.15) is 0 Å². The van der Waals surface area contributed by atoms with E-state index in [-0.39, 0.29) is 29.5 Å². The maximum Gasteiger partial charge on any atom is 0.336 e. The zero-order chi connectivity index (χ0) is 24.4. The topological polar surface area (TPSA) is 105 Å². The summed E-state index contributed by atoms with van der Waals surface area (Å²) in [7, 11) is 0. The molecule has 3 aromatic rings. The highest BCUT2D eigenvalue weighted by Gasteiger charge is 2.31. The van der Waals surface area contributed by atoms with Gasteiger partial charge in [-0.3, -0.25) is 9.59 Å². The third-order valence-electron chi connectivity index (χ3n) is 6.05. The minimum atomic E-state index is -1.13. The van der Waals surface area contributed by atoms with E-state index in [2.05, 4.69) is 0 Å². The van der Waals surface area contributed by atoms with Crippen LogP contribution in [0.15, 0.2) is 51.7 Å². The van der Waals surface area contributed by atoms with Crippen LogP contribution in [0.1, 0.15) is 30.7 Å². The van der Waals surface area contributed by atoms with E-state index in [4.69, 9.17) is 21.1 Å². The first-order valence-electron chi connectivity index (χ1n) is 10.8. The van der Waals surface area contributed by atoms with E-state index in [0.29, 0.717) is 47.7 Å². The van der Waals surface area contributed by atoms with Crippen molar-refractivity contribution in [3.05, 3.63) is 69.3 Å². The van der Waals surface area contributed by atoms with E-state index in [1.165, 1.54) is 29.2 Å². The molecule has 176 valence electrons. The van der Waals surface area contributed by atoms with Crippen molar-refractivity contribution in [2.45, 2.75) is 25.2 Å². The first-order chi connectivity index (χ1) is 16.3. The number of aliphatic carboxylic acids is 1. The SMILES string of the molecule is O=CC(C(=O)N1CCC[C@@H](CC(=O)O)C1)c1ccc2c(-c3ccc(F)cc3Cl)cc(=O)oc2c1. The first-order valence-corrected chi connectivity index (χ1v) is 11.1. The molecule has 4 rings (SSSR count). The lowest BCUT2D eigenvalue weighted by molar-refractivity contribution is -0.141. The average molecular weight is 486 g/mol. The average Bonchev–Trinajstić information content (AvgIpc) is 2.78. The number of piperidine rings is 1. The van der Waals surface area contributed by atoms with E-state index in [0.717, 1.165) is 6.07 Å². The molecule has 1 aromatic heterocycles. The summed E-state index contributed by atoms with van der Waals surface area (Å²) in [6.07, 6.45) is 1.86. The molecule has 2 heterocycles. The molecule has 0 bridgehead atoms. The largest absolute Gasteiger partial charge is 0.481 e. The predicted molar refractivity (Wildman–Crippen MR) is 123 cm³/mol. The summed E-state index contributed by atoms with van der Waals surface area (Å²) in [5.41, 5.74) is 0.709. The number of hydrogen-bond donors (Lipinski definition) is 1. The Bertz CT molecular complexity index is 1340. The summed E-state index contributed by atoms with van der Waals surface area (Å²) in [6, 6.07) is 9.76. The van der Waals surface area contributed by atoms with Crippen LogP contribution in [-0.2, 0) is 14.4 Å². The smallest absolute Gasteiger partial charge is 0.336 e. The lowest BCUT2D eigenvalue weighted by Crippen LogP contribution is -2.43. The Kier molecular flexibility index (Phi) is 6.79. The van der Waals surface area contributed by atoms with Crippen LogP contribution in [-0.4, -0.2) is 41.3 Å². The zero-order valence-electron chi connectivity index (χ0n) is 18.0. The highest BCUT2D eigenvalue weighted by molar-refractivity contribution is 6.33. The second-order valence-electron chi connectivity index (χ2n) is 8.36. The van der Waals surface area contributed by atoms with Crippen LogP contribution in [0, 0.1) is 11.7 Å². The van der Waals surface area contributed by atoms with Gasteiger partial charge in [0.25, 0.3) is 0 Å². The van der Waals surface area contributed by atoms with Crippen molar-refractivity contribution in [3.63, 3.8) is 0 Å². The molecule has 9 heteroatoms. The molecule has 2 atom stereocenters. The fourth-order valence-corrected chi connectivity index (χ4v) is 4.73. The van der Waals surface area contributed by atoms with Crippen molar-refractivity contribution in [2.24, 2.45) is 5.92 Å². The highest BCUT2D eigenvalue weighted by Crippen LogP contribution is 2.34. The van der Waals surface area contributed by atoms with Gasteiger partial charge in [-0.1, -0.05) is 23.7 Å². The third-order valence-corrected chi connectivity index (χ3v) is 6.36. The molecular formula is C25H21ClFNO6. The molecule has 1 unspecified atom stereocenters. The van der Waals surface area contributed by atoms with Crippen molar-refractivity contribution < 1.29 is 28.3 Å². The van der Waals surface area contributed by atoms with Gasteiger partial charge in [0.2, 0.25) is 5.91 Å². The number of amides is 1. The quantitative estimate of drug-likeness (QED) is 0.318. The van der Waals surface area contributed by atoms with Crippen molar-refractivity contribution >= 4 is 40.7 Å². The van der Waals surface area contributed by atoms with Crippen LogP contribution in [0.5, 0.6) is 0 Å². The van der Waals surface area contributed by atoms with Gasteiger partial charge in [0.1, 0.15) is 23.6 Å². The molecular weight excluding hydrogens is 465 g/mol. The number of fused-ring (bicyclic) bond motifs is 1. The van der Waals surface area contributed by atoms with E-state index in [1.807, 2.05) is 0 Å². The molecule has 0 radical (unpaired) electrons. The number of likely N-dealkylation sites (tertiary alicyclic amines) is 1. The molecule has 2 aromatic carbocycles. The molecule has 0 spiro atoms. The Hall–Kier alpha value is -3.52. The van der Waals surface area contributed by atoms with Gasteiger partial charge >= 0.3 is 11.6 Å². The number of halogens is 2. The number of benzene rings is 2. The van der Waals surface area contributed by atoms with Crippen LogP contribution >= 0.6 is 11.6 Å². The van der Waals surface area contributed by atoms with Crippen molar-refractivity contribution in [1.29, 1.82) is 0 Å². The van der Waals surface area contributed by atoms with Gasteiger partial charge in [-0.25, -0.2) is 9.18 Å². The van der Waals surface area contributed by atoms with Crippen molar-refractivity contribution in [2.75, 3.05) is 13.1 Å². The van der Waals surface area contributed by atoms with Crippen LogP contribution in [0.25, 0.3) is 22.1 Å². The molecule has 34 heavy (non-hydrogen) atoms. The third kappa shape index (κ3) is 4.87. The number of hydrogen-bond acceptors (Lipinski definition) is 5. The Morgan fingerprint density at radius 3 is 2.71 bits per heavy atom. The number of carboxylic acid groups (broad SMARTS) is 1. The summed E-state index contributed by atoms with van der Waals surface area (Å²) in [6.45, 7) is 0.709. The second kappa shape index (κ2) is 9.77. The molecule has 1 amide bonds. The van der Waals surface area contributed by atoms with E-state index < -0.39 is 29.2 Å². The van der Waals surface area contributed by atoms with Crippen LogP contribution in [0.3, 0.4) is 0 Å². The molecule has 0 aliphatic carbocycles. The van der Waals surface area contributed by atoms with E-state index in [9.17, 15) is 23.6 Å². The fourth-order valence-electron chi connectivity index (χ4n) is 4.46. The molecule has 1 fully saturated rings. The molecule has 1 aliphatic rings. The van der Waals surface area contributed by atoms with Gasteiger partial charge in [0.15, 0.2) is 0 Å². The van der Waals surface area contributed by atoms with E-state index in [1.54, 1.807) is 12.1 Å². The van der Waals surface area contributed by atoms with Gasteiger partial charge in [-0.05, 0) is 48.6 Å². The fraction of sp³-hybridized carbons (Fsp3) is 0.280. The lowest BCUT2D eigenvalue weighted by atomic mass is 9.91. The van der Waals surface area contributed by atoms with Gasteiger partial charge < -0.3 is 19.2 Å². The maximum absolute atomic E-state index is 13.5. The zero-order valence-corrected chi connectivity index (χ0v) is 18.8. The number of carbonyl (C=O) groups is 3. The Labute approximate surface area is 198 Å². The maximum atomic E-state index is 13.5. The highest BCUT2D eigenvalue weighted by atomic mass is 35.5. The molecule has 1 aliphatic heterocycles. The summed E-state index contributed by atoms with van der Waals surface area (Å²) >= 11 is 6.19. The Morgan fingerprint density at radius 2 is 2.00 bits per heavy atom. The predicted octanol–water partition coefficient (Wildman–Crippen LogP) is 4.25. The van der Waals surface area contributed by atoms with Gasteiger partial charge in [0, 0.05) is 42.1 Å². The van der Waals surface area contributed by atoms with Gasteiger partial charge in [-0.15, -0.1) is 0 Å². The summed E-state index contributed by atoms with van der Waals surface area (Å²) < 4.78 is 18.8. The van der Waals surface area contributed by atoms with Gasteiger partial charge in [0.05, 0.1) is 5.02 Å². The van der Waals surface area contributed by atoms with Crippen molar-refractivity contribution in [1.82, 2.24) is 4.90 Å². The van der Waals surface area contributed by atoms with E-state index >= 15 is 0 Å². The lowest BCUT2D eigenvalue weighted by Gasteiger charge is -2.33. The van der Waals surface area contributed by atoms with Crippen LogP contribution in [0.2, 0.25) is 5.02 Å². The number of nitrogens with zero attached hydrogens (tertiary/aromatic N) is 1. The molecule has 0 saturated carbocycles. The standard InChI is InChI=1S/C25H21ClFNO6/c26-21-10-16(27)4-6-17(21)19-11-24(32)34-22-9-15(3-5-18(19)22)20(13-29)25(33)28-7-1-2-14(12-28)8-23(30)31/h3-6,9-11,13-14,20H,1-2,7-8,12H2,(H,30,31)/t14-,20?/m0/s1. The van der Waals surface area contributed by atoms with Crippen molar-refractivity contribution in [3.8, 4) is 11.1 Å². The summed E-state index contributed by atoms with van der Waals surface area (Å²) in [5.74, 6) is -3.16. The second-order valence-corrected chi connectivity index (χ2v) is 8.77. The number of carbonyl (C=O) groups excluding carboxylic acids is 2. The number of aldehydes is 1. The molecule has 1 N–H and O–H groups in total. The minimum absolute atomic E-state index is 0.0363. The summed E-state index contributed by atoms with van der Waals surface area (Å²) in [4.78, 5) is 49.9. The number of carboxylic acids is 1. The normalized spacial score (nSPS) is 16.9. The number of rotatable bonds is 6. The minimum Gasteiger partial charge on any atom is -0.481 e. The molecule has 7 nitrogen and oxygen atoms in total.